The molecule has 7 heteroatoms. The average molecular weight is 404 g/mol. The molecular formula is C19H14ClNO3S2. The summed E-state index contributed by atoms with van der Waals surface area (Å²) in [6.45, 7) is 0. The molecule has 0 bridgehead atoms. The van der Waals surface area contributed by atoms with E-state index >= 15 is 0 Å². The predicted octanol–water partition coefficient (Wildman–Crippen LogP) is 4.76. The summed E-state index contributed by atoms with van der Waals surface area (Å²) in [5.41, 5.74) is 1.56. The van der Waals surface area contributed by atoms with Crippen LogP contribution in [-0.4, -0.2) is 26.2 Å². The topological polar surface area (TPSA) is 57.6 Å². The van der Waals surface area contributed by atoms with E-state index < -0.39 is 12.0 Å². The Bertz CT molecular complexity index is 881. The van der Waals surface area contributed by atoms with E-state index in [-0.39, 0.29) is 12.3 Å². The molecule has 4 nitrogen and oxygen atoms in total. The fraction of sp³-hybridized carbons (Fsp3) is 0.105. The van der Waals surface area contributed by atoms with Crippen LogP contribution in [-0.2, 0) is 9.59 Å². The number of carbonyl (C=O) groups is 2. The predicted molar refractivity (Wildman–Crippen MR) is 108 cm³/mol. The van der Waals surface area contributed by atoms with Crippen molar-refractivity contribution in [3.63, 3.8) is 0 Å². The first-order chi connectivity index (χ1) is 12.5. The Kier molecular flexibility index (Phi) is 5.76. The summed E-state index contributed by atoms with van der Waals surface area (Å²) < 4.78 is 0.352. The molecule has 0 spiro atoms. The van der Waals surface area contributed by atoms with Crippen LogP contribution < -0.4 is 0 Å². The van der Waals surface area contributed by atoms with Crippen molar-refractivity contribution in [3.8, 4) is 0 Å². The Morgan fingerprint density at radius 2 is 1.85 bits per heavy atom. The largest absolute Gasteiger partial charge is 0.481 e. The second-order valence-corrected chi connectivity index (χ2v) is 7.74. The van der Waals surface area contributed by atoms with Gasteiger partial charge >= 0.3 is 5.97 Å². The Morgan fingerprint density at radius 3 is 2.46 bits per heavy atom. The summed E-state index contributed by atoms with van der Waals surface area (Å²) >= 11 is 12.4. The number of thioether (sulfide) groups is 1. The summed E-state index contributed by atoms with van der Waals surface area (Å²) in [5, 5.41) is 9.90. The fourth-order valence-corrected chi connectivity index (χ4v) is 4.14. The van der Waals surface area contributed by atoms with E-state index in [1.54, 1.807) is 42.5 Å². The van der Waals surface area contributed by atoms with Crippen molar-refractivity contribution in [2.45, 2.75) is 12.5 Å². The molecule has 0 radical (unpaired) electrons. The fourth-order valence-electron chi connectivity index (χ4n) is 2.66. The van der Waals surface area contributed by atoms with E-state index in [1.807, 2.05) is 18.2 Å². The highest BCUT2D eigenvalue weighted by molar-refractivity contribution is 8.26. The molecule has 1 amide bonds. The SMILES string of the molecule is O=C(O)CC(c1ccccc1)N1C(=O)/C(=C/c2ccc(Cl)cc2)SC1=S. The van der Waals surface area contributed by atoms with Gasteiger partial charge in [-0.15, -0.1) is 0 Å². The van der Waals surface area contributed by atoms with Gasteiger partial charge in [-0.2, -0.15) is 0 Å². The van der Waals surface area contributed by atoms with Gasteiger partial charge in [-0.3, -0.25) is 14.5 Å². The van der Waals surface area contributed by atoms with Crippen molar-refractivity contribution in [2.24, 2.45) is 0 Å². The zero-order valence-corrected chi connectivity index (χ0v) is 15.9. The third-order valence-corrected chi connectivity index (χ3v) is 5.44. The number of halogens is 1. The molecule has 1 atom stereocenters. The summed E-state index contributed by atoms with van der Waals surface area (Å²) in [4.78, 5) is 26.1. The second-order valence-electron chi connectivity index (χ2n) is 5.63. The minimum atomic E-state index is -0.991. The molecule has 0 aliphatic carbocycles. The number of hydrogen-bond acceptors (Lipinski definition) is 4. The molecule has 3 rings (SSSR count). The lowest BCUT2D eigenvalue weighted by atomic mass is 10.0. The van der Waals surface area contributed by atoms with Crippen molar-refractivity contribution in [1.82, 2.24) is 4.90 Å². The Hall–Kier alpha value is -2.15. The molecule has 0 aromatic heterocycles. The monoisotopic (exact) mass is 403 g/mol. The molecule has 0 saturated carbocycles. The highest BCUT2D eigenvalue weighted by Gasteiger charge is 2.38. The van der Waals surface area contributed by atoms with E-state index in [4.69, 9.17) is 23.8 Å². The minimum Gasteiger partial charge on any atom is -0.481 e. The molecule has 1 aliphatic rings. The van der Waals surface area contributed by atoms with Crippen LogP contribution in [0.1, 0.15) is 23.6 Å². The van der Waals surface area contributed by atoms with Crippen molar-refractivity contribution in [2.75, 3.05) is 0 Å². The van der Waals surface area contributed by atoms with Gasteiger partial charge in [-0.25, -0.2) is 0 Å². The number of benzene rings is 2. The first kappa shape index (κ1) is 18.6. The van der Waals surface area contributed by atoms with Gasteiger partial charge in [-0.1, -0.05) is 78.0 Å². The summed E-state index contributed by atoms with van der Waals surface area (Å²) in [7, 11) is 0. The van der Waals surface area contributed by atoms with Crippen molar-refractivity contribution in [3.05, 3.63) is 75.7 Å². The van der Waals surface area contributed by atoms with E-state index in [2.05, 4.69) is 0 Å². The molecular weight excluding hydrogens is 390 g/mol. The molecule has 2 aromatic rings. The Labute approximate surface area is 165 Å². The molecule has 1 fully saturated rings. The van der Waals surface area contributed by atoms with Crippen LogP contribution in [0.5, 0.6) is 0 Å². The van der Waals surface area contributed by atoms with Gasteiger partial charge in [0.25, 0.3) is 5.91 Å². The highest BCUT2D eigenvalue weighted by atomic mass is 35.5. The van der Waals surface area contributed by atoms with Gasteiger partial charge in [-0.05, 0) is 29.3 Å². The van der Waals surface area contributed by atoms with Gasteiger partial charge in [0.15, 0.2) is 0 Å². The lowest BCUT2D eigenvalue weighted by Gasteiger charge is -2.26. The van der Waals surface area contributed by atoms with E-state index in [1.165, 1.54) is 16.7 Å². The van der Waals surface area contributed by atoms with Gasteiger partial charge in [0.05, 0.1) is 17.4 Å². The normalized spacial score (nSPS) is 17.0. The first-order valence-corrected chi connectivity index (χ1v) is 9.35. The quantitative estimate of drug-likeness (QED) is 0.576. The molecule has 2 aromatic carbocycles. The third kappa shape index (κ3) is 4.15. The van der Waals surface area contributed by atoms with Crippen molar-refractivity contribution >= 4 is 57.9 Å². The van der Waals surface area contributed by atoms with Crippen LogP contribution in [0, 0.1) is 0 Å². The third-order valence-electron chi connectivity index (χ3n) is 3.86. The zero-order valence-electron chi connectivity index (χ0n) is 13.5. The van der Waals surface area contributed by atoms with Gasteiger partial charge in [0, 0.05) is 5.02 Å². The number of nitrogens with zero attached hydrogens (tertiary/aromatic N) is 1. The minimum absolute atomic E-state index is 0.218. The van der Waals surface area contributed by atoms with Gasteiger partial charge in [0.2, 0.25) is 0 Å². The maximum atomic E-state index is 12.9. The maximum Gasteiger partial charge on any atom is 0.305 e. The van der Waals surface area contributed by atoms with Gasteiger partial charge in [0.1, 0.15) is 4.32 Å². The molecule has 1 saturated heterocycles. The number of carboxylic acid groups (broad SMARTS) is 1. The van der Waals surface area contributed by atoms with Crippen LogP contribution >= 0.6 is 35.6 Å². The van der Waals surface area contributed by atoms with Crippen molar-refractivity contribution in [1.29, 1.82) is 0 Å². The number of rotatable bonds is 5. The molecule has 1 aliphatic heterocycles. The Balaban J connectivity index is 1.93. The van der Waals surface area contributed by atoms with Crippen molar-refractivity contribution < 1.29 is 14.7 Å². The number of aliphatic carboxylic acids is 1. The number of carboxylic acids is 1. The smallest absolute Gasteiger partial charge is 0.305 e. The van der Waals surface area contributed by atoms with E-state index in [9.17, 15) is 14.7 Å². The van der Waals surface area contributed by atoms with E-state index in [0.717, 1.165) is 11.1 Å². The first-order valence-electron chi connectivity index (χ1n) is 7.75. The molecule has 1 unspecified atom stereocenters. The van der Waals surface area contributed by atoms with Crippen LogP contribution in [0.25, 0.3) is 6.08 Å². The lowest BCUT2D eigenvalue weighted by Crippen LogP contribution is -2.34. The van der Waals surface area contributed by atoms with E-state index in [0.29, 0.717) is 14.2 Å². The van der Waals surface area contributed by atoms with Crippen LogP contribution in [0.2, 0.25) is 5.02 Å². The highest BCUT2D eigenvalue weighted by Crippen LogP contribution is 2.39. The zero-order chi connectivity index (χ0) is 18.7. The summed E-state index contributed by atoms with van der Waals surface area (Å²) in [6.07, 6.45) is 1.52. The van der Waals surface area contributed by atoms with Gasteiger partial charge < -0.3 is 5.11 Å². The van der Waals surface area contributed by atoms with Crippen LogP contribution in [0.4, 0.5) is 0 Å². The number of amides is 1. The van der Waals surface area contributed by atoms with Crippen LogP contribution in [0.15, 0.2) is 59.5 Å². The van der Waals surface area contributed by atoms with Crippen LogP contribution in [0.3, 0.4) is 0 Å². The molecule has 1 heterocycles. The molecule has 132 valence electrons. The number of hydrogen-bond donors (Lipinski definition) is 1. The Morgan fingerprint density at radius 1 is 1.19 bits per heavy atom. The lowest BCUT2D eigenvalue weighted by molar-refractivity contribution is -0.138. The number of thiocarbonyl (C=S) groups is 1. The summed E-state index contributed by atoms with van der Waals surface area (Å²) in [6, 6.07) is 15.5. The maximum absolute atomic E-state index is 12.9. The summed E-state index contributed by atoms with van der Waals surface area (Å²) in [5.74, 6) is -1.28. The number of carbonyl (C=O) groups excluding carboxylic acids is 1. The molecule has 1 N–H and O–H groups in total. The average Bonchev–Trinajstić information content (AvgIpc) is 2.89. The standard InChI is InChI=1S/C19H14ClNO3S2/c20-14-8-6-12(7-9-14)10-16-18(24)21(19(25)26-16)15(11-17(22)23)13-4-2-1-3-5-13/h1-10,15H,11H2,(H,22,23)/b16-10-. The second kappa shape index (κ2) is 8.03. The molecule has 26 heavy (non-hydrogen) atoms.